The van der Waals surface area contributed by atoms with E-state index >= 15 is 0 Å². The van der Waals surface area contributed by atoms with Gasteiger partial charge in [0.05, 0.1) is 15.6 Å². The molecule has 1 aromatic rings. The maximum atomic E-state index is 9.76. The summed E-state index contributed by atoms with van der Waals surface area (Å²) in [5.41, 5.74) is -0.544. The van der Waals surface area contributed by atoms with Crippen LogP contribution in [0.3, 0.4) is 0 Å². The smallest absolute Gasteiger partial charge is 0.186 e. The van der Waals surface area contributed by atoms with E-state index in [2.05, 4.69) is 25.8 Å². The van der Waals surface area contributed by atoms with Crippen LogP contribution in [0.25, 0.3) is 0 Å². The summed E-state index contributed by atoms with van der Waals surface area (Å²) < 4.78 is 1.04. The molecule has 1 atom stereocenters. The molecule has 1 aliphatic heterocycles. The van der Waals surface area contributed by atoms with Crippen molar-refractivity contribution in [2.45, 2.75) is 18.9 Å². The van der Waals surface area contributed by atoms with Crippen molar-refractivity contribution >= 4 is 32.4 Å². The van der Waals surface area contributed by atoms with Gasteiger partial charge in [0.1, 0.15) is 0 Å². The van der Waals surface area contributed by atoms with Gasteiger partial charge in [0.15, 0.2) is 5.13 Å². The van der Waals surface area contributed by atoms with Gasteiger partial charge in [0, 0.05) is 13.1 Å². The molecule has 0 amide bonds. The van der Waals surface area contributed by atoms with Gasteiger partial charge in [0.25, 0.3) is 0 Å². The Morgan fingerprint density at radius 3 is 3.00 bits per heavy atom. The zero-order valence-electron chi connectivity index (χ0n) is 7.33. The Kier molecular flexibility index (Phi) is 2.33. The lowest BCUT2D eigenvalue weighted by molar-refractivity contribution is 0.0839. The normalized spacial score (nSPS) is 28.4. The molecule has 0 radical (unpaired) electrons. The van der Waals surface area contributed by atoms with Crippen molar-refractivity contribution in [1.82, 2.24) is 4.98 Å². The molecule has 1 fully saturated rings. The molecule has 3 nitrogen and oxygen atoms in total. The number of aromatic nitrogens is 1. The van der Waals surface area contributed by atoms with E-state index in [0.29, 0.717) is 6.54 Å². The molecule has 1 saturated heterocycles. The topological polar surface area (TPSA) is 36.4 Å². The third kappa shape index (κ3) is 2.03. The quantitative estimate of drug-likeness (QED) is 0.840. The molecule has 1 unspecified atom stereocenters. The lowest BCUT2D eigenvalue weighted by Gasteiger charge is -2.17. The number of β-amino-alcohol motifs (C(OH)–C–C–N with tert-alkyl or cyclic N) is 1. The minimum absolute atomic E-state index is 0.544. The predicted molar refractivity (Wildman–Crippen MR) is 57.3 cm³/mol. The van der Waals surface area contributed by atoms with Gasteiger partial charge in [-0.1, -0.05) is 11.3 Å². The highest BCUT2D eigenvalue weighted by Gasteiger charge is 2.32. The first kappa shape index (κ1) is 9.43. The Balaban J connectivity index is 2.12. The number of hydrogen-bond acceptors (Lipinski definition) is 4. The summed E-state index contributed by atoms with van der Waals surface area (Å²) in [7, 11) is 0. The van der Waals surface area contributed by atoms with Crippen molar-refractivity contribution in [3.05, 3.63) is 9.98 Å². The summed E-state index contributed by atoms with van der Waals surface area (Å²) in [6.45, 7) is 3.45. The third-order valence-corrected chi connectivity index (χ3v) is 3.72. The van der Waals surface area contributed by atoms with Crippen LogP contribution in [0.4, 0.5) is 5.13 Å². The van der Waals surface area contributed by atoms with Crippen molar-refractivity contribution in [3.8, 4) is 0 Å². The molecule has 72 valence electrons. The van der Waals surface area contributed by atoms with Crippen LogP contribution in [0, 0.1) is 0 Å². The van der Waals surface area contributed by atoms with E-state index in [1.807, 2.05) is 6.92 Å². The Hall–Kier alpha value is -0.130. The number of thiazole rings is 1. The first-order chi connectivity index (χ1) is 6.07. The fourth-order valence-corrected chi connectivity index (χ4v) is 2.71. The molecule has 13 heavy (non-hydrogen) atoms. The first-order valence-electron chi connectivity index (χ1n) is 4.15. The standard InChI is InChI=1S/C8H11BrN2OS/c1-8(12)2-3-11(5-8)7-10-4-6(9)13-7/h4,12H,2-3,5H2,1H3. The molecule has 2 rings (SSSR count). The van der Waals surface area contributed by atoms with Crippen LogP contribution < -0.4 is 4.90 Å². The Morgan fingerprint density at radius 1 is 1.77 bits per heavy atom. The molecule has 1 aromatic heterocycles. The average molecular weight is 263 g/mol. The fourth-order valence-electron chi connectivity index (χ4n) is 1.50. The summed E-state index contributed by atoms with van der Waals surface area (Å²) >= 11 is 4.98. The third-order valence-electron chi connectivity index (χ3n) is 2.19. The van der Waals surface area contributed by atoms with Crippen LogP contribution in [0.1, 0.15) is 13.3 Å². The van der Waals surface area contributed by atoms with Crippen molar-refractivity contribution in [1.29, 1.82) is 0 Å². The van der Waals surface area contributed by atoms with E-state index in [1.165, 1.54) is 0 Å². The maximum Gasteiger partial charge on any atom is 0.186 e. The fraction of sp³-hybridized carbons (Fsp3) is 0.625. The number of nitrogens with zero attached hydrogens (tertiary/aromatic N) is 2. The molecule has 0 saturated carbocycles. The molecular formula is C8H11BrN2OS. The van der Waals surface area contributed by atoms with E-state index in [1.54, 1.807) is 17.5 Å². The molecule has 0 aliphatic carbocycles. The van der Waals surface area contributed by atoms with Crippen molar-refractivity contribution in [2.75, 3.05) is 18.0 Å². The molecule has 0 aromatic carbocycles. The van der Waals surface area contributed by atoms with Gasteiger partial charge in [-0.2, -0.15) is 0 Å². The van der Waals surface area contributed by atoms with Crippen LogP contribution >= 0.6 is 27.3 Å². The molecule has 5 heteroatoms. The molecular weight excluding hydrogens is 252 g/mol. The van der Waals surface area contributed by atoms with Crippen molar-refractivity contribution in [2.24, 2.45) is 0 Å². The first-order valence-corrected chi connectivity index (χ1v) is 5.76. The van der Waals surface area contributed by atoms with Crippen LogP contribution in [-0.2, 0) is 0 Å². The van der Waals surface area contributed by atoms with Crippen LogP contribution in [0.2, 0.25) is 0 Å². The van der Waals surface area contributed by atoms with Crippen LogP contribution in [0.15, 0.2) is 9.98 Å². The summed E-state index contributed by atoms with van der Waals surface area (Å²) in [6, 6.07) is 0. The average Bonchev–Trinajstić information content (AvgIpc) is 2.56. The number of aliphatic hydroxyl groups is 1. The monoisotopic (exact) mass is 262 g/mol. The van der Waals surface area contributed by atoms with Gasteiger partial charge < -0.3 is 10.0 Å². The van der Waals surface area contributed by atoms with E-state index < -0.39 is 5.60 Å². The predicted octanol–water partition coefficient (Wildman–Crippen LogP) is 1.87. The second-order valence-electron chi connectivity index (χ2n) is 3.62. The number of hydrogen-bond donors (Lipinski definition) is 1. The molecule has 0 spiro atoms. The summed E-state index contributed by atoms with van der Waals surface area (Å²) in [5.74, 6) is 0. The number of halogens is 1. The highest BCUT2D eigenvalue weighted by Crippen LogP contribution is 2.31. The SMILES string of the molecule is CC1(O)CCN(c2ncc(Br)s2)C1. The molecule has 1 aliphatic rings. The summed E-state index contributed by atoms with van der Waals surface area (Å²) in [4.78, 5) is 6.37. The minimum atomic E-state index is -0.544. The van der Waals surface area contributed by atoms with E-state index in [-0.39, 0.29) is 0 Å². The second-order valence-corrected chi connectivity index (χ2v) is 6.00. The van der Waals surface area contributed by atoms with Gasteiger partial charge in [-0.25, -0.2) is 4.98 Å². The zero-order valence-corrected chi connectivity index (χ0v) is 9.73. The van der Waals surface area contributed by atoms with Crippen molar-refractivity contribution in [3.63, 3.8) is 0 Å². The van der Waals surface area contributed by atoms with Gasteiger partial charge in [-0.3, -0.25) is 0 Å². The minimum Gasteiger partial charge on any atom is -0.388 e. The summed E-state index contributed by atoms with van der Waals surface area (Å²) in [6.07, 6.45) is 2.62. The Bertz CT molecular complexity index is 313. The Morgan fingerprint density at radius 2 is 2.54 bits per heavy atom. The molecule has 2 heterocycles. The maximum absolute atomic E-state index is 9.76. The van der Waals surface area contributed by atoms with Gasteiger partial charge in [-0.05, 0) is 29.3 Å². The Labute approximate surface area is 89.5 Å². The number of rotatable bonds is 1. The highest BCUT2D eigenvalue weighted by atomic mass is 79.9. The van der Waals surface area contributed by atoms with Gasteiger partial charge >= 0.3 is 0 Å². The van der Waals surface area contributed by atoms with E-state index in [4.69, 9.17) is 0 Å². The summed E-state index contributed by atoms with van der Waals surface area (Å²) in [5, 5.41) is 10.7. The molecule has 0 bridgehead atoms. The van der Waals surface area contributed by atoms with Crippen LogP contribution in [0.5, 0.6) is 0 Å². The lowest BCUT2D eigenvalue weighted by Crippen LogP contribution is -2.29. The van der Waals surface area contributed by atoms with E-state index in [0.717, 1.165) is 21.9 Å². The van der Waals surface area contributed by atoms with Crippen LogP contribution in [-0.4, -0.2) is 28.8 Å². The van der Waals surface area contributed by atoms with Gasteiger partial charge in [0.2, 0.25) is 0 Å². The number of anilines is 1. The van der Waals surface area contributed by atoms with E-state index in [9.17, 15) is 5.11 Å². The zero-order chi connectivity index (χ0) is 9.47. The second kappa shape index (κ2) is 3.22. The highest BCUT2D eigenvalue weighted by molar-refractivity contribution is 9.11. The lowest BCUT2D eigenvalue weighted by atomic mass is 10.1. The largest absolute Gasteiger partial charge is 0.388 e. The molecule has 1 N–H and O–H groups in total. The van der Waals surface area contributed by atoms with Crippen molar-refractivity contribution < 1.29 is 5.11 Å². The van der Waals surface area contributed by atoms with Gasteiger partial charge in [-0.15, -0.1) is 0 Å².